The number of fused-ring (bicyclic) bond motifs is 1. The molecule has 1 heterocycles. The number of amides is 2. The zero-order valence-corrected chi connectivity index (χ0v) is 19.9. The zero-order chi connectivity index (χ0) is 24.1. The van der Waals surface area contributed by atoms with Crippen molar-refractivity contribution < 1.29 is 14.0 Å². The average Bonchev–Trinajstić information content (AvgIpc) is 3.18. The molecule has 0 saturated carbocycles. The molecule has 2 N–H and O–H groups in total. The first kappa shape index (κ1) is 23.6. The Bertz CT molecular complexity index is 1350. The Labute approximate surface area is 202 Å². The van der Waals surface area contributed by atoms with Crippen LogP contribution in [0.4, 0.5) is 10.1 Å². The topological polar surface area (TPSA) is 63.1 Å². The minimum absolute atomic E-state index is 0.0982. The number of carbonyl (C=O) groups excluding carboxylic acids is 2. The average molecular weight is 476 g/mol. The number of carbonyl (C=O) groups is 2. The van der Waals surface area contributed by atoms with E-state index in [1.165, 1.54) is 23.9 Å². The van der Waals surface area contributed by atoms with E-state index in [4.69, 9.17) is 0 Å². The summed E-state index contributed by atoms with van der Waals surface area (Å²) in [4.78, 5) is 25.8. The van der Waals surface area contributed by atoms with E-state index >= 15 is 0 Å². The van der Waals surface area contributed by atoms with E-state index in [1.54, 1.807) is 12.1 Å². The van der Waals surface area contributed by atoms with Crippen LogP contribution in [0.25, 0.3) is 10.9 Å². The molecule has 0 bridgehead atoms. The number of nitrogens with zero attached hydrogens (tertiary/aromatic N) is 1. The second-order valence-electron chi connectivity index (χ2n) is 8.08. The summed E-state index contributed by atoms with van der Waals surface area (Å²) < 4.78 is 15.9. The zero-order valence-electron chi connectivity index (χ0n) is 19.1. The van der Waals surface area contributed by atoms with Gasteiger partial charge >= 0.3 is 0 Å². The molecule has 0 atom stereocenters. The molecule has 5 nitrogen and oxygen atoms in total. The van der Waals surface area contributed by atoms with E-state index in [-0.39, 0.29) is 23.3 Å². The Morgan fingerprint density at radius 1 is 0.971 bits per heavy atom. The van der Waals surface area contributed by atoms with Crippen molar-refractivity contribution in [2.24, 2.45) is 0 Å². The third-order valence-electron chi connectivity index (χ3n) is 5.67. The van der Waals surface area contributed by atoms with Crippen molar-refractivity contribution >= 4 is 40.2 Å². The van der Waals surface area contributed by atoms with Gasteiger partial charge in [-0.15, -0.1) is 11.8 Å². The number of benzene rings is 3. The molecule has 0 spiro atoms. The van der Waals surface area contributed by atoms with E-state index in [0.29, 0.717) is 18.7 Å². The second kappa shape index (κ2) is 10.6. The molecule has 4 rings (SSSR count). The summed E-state index contributed by atoms with van der Waals surface area (Å²) >= 11 is 1.40. The monoisotopic (exact) mass is 475 g/mol. The van der Waals surface area contributed by atoms with Gasteiger partial charge in [-0.2, -0.15) is 0 Å². The number of hydrogen-bond donors (Lipinski definition) is 2. The van der Waals surface area contributed by atoms with Crippen molar-refractivity contribution in [1.29, 1.82) is 0 Å². The summed E-state index contributed by atoms with van der Waals surface area (Å²) in [6.45, 7) is 5.09. The van der Waals surface area contributed by atoms with Crippen molar-refractivity contribution in [2.75, 3.05) is 17.6 Å². The third-order valence-corrected chi connectivity index (χ3v) is 6.71. The molecule has 0 aliphatic rings. The van der Waals surface area contributed by atoms with Gasteiger partial charge in [0, 0.05) is 40.6 Å². The maximum Gasteiger partial charge on any atom is 0.251 e. The van der Waals surface area contributed by atoms with Gasteiger partial charge in [0.2, 0.25) is 5.91 Å². The van der Waals surface area contributed by atoms with Crippen molar-refractivity contribution in [3.05, 3.63) is 95.4 Å². The van der Waals surface area contributed by atoms with Crippen molar-refractivity contribution in [2.45, 2.75) is 25.3 Å². The molecule has 1 aromatic heterocycles. The van der Waals surface area contributed by atoms with E-state index in [2.05, 4.69) is 15.2 Å². The lowest BCUT2D eigenvalue weighted by Crippen LogP contribution is -2.27. The molecule has 3 aromatic carbocycles. The van der Waals surface area contributed by atoms with Gasteiger partial charge < -0.3 is 15.2 Å². The predicted octanol–water partition coefficient (Wildman–Crippen LogP) is 5.56. The number of anilines is 1. The molecular weight excluding hydrogens is 449 g/mol. The number of para-hydroxylation sites is 2. The molecule has 2 amide bonds. The lowest BCUT2D eigenvalue weighted by molar-refractivity contribution is -0.113. The number of rotatable bonds is 8. The SMILES string of the molecule is Cc1ccc(C(=O)NCCn2cc(SCC(=O)Nc3ccccc3F)c3ccccc32)cc1C. The van der Waals surface area contributed by atoms with Gasteiger partial charge in [-0.25, -0.2) is 4.39 Å². The van der Waals surface area contributed by atoms with Crippen LogP contribution in [0, 0.1) is 19.7 Å². The molecule has 174 valence electrons. The van der Waals surface area contributed by atoms with Gasteiger partial charge in [-0.3, -0.25) is 9.59 Å². The van der Waals surface area contributed by atoms with Crippen LogP contribution in [-0.2, 0) is 11.3 Å². The Hall–Kier alpha value is -3.58. The molecule has 4 aromatic rings. The summed E-state index contributed by atoms with van der Waals surface area (Å²) in [6.07, 6.45) is 1.99. The van der Waals surface area contributed by atoms with Crippen molar-refractivity contribution in [1.82, 2.24) is 9.88 Å². The van der Waals surface area contributed by atoms with Crippen molar-refractivity contribution in [3.63, 3.8) is 0 Å². The summed E-state index contributed by atoms with van der Waals surface area (Å²) in [5.74, 6) is -0.668. The van der Waals surface area contributed by atoms with E-state index in [9.17, 15) is 14.0 Å². The molecule has 34 heavy (non-hydrogen) atoms. The van der Waals surface area contributed by atoms with E-state index < -0.39 is 5.82 Å². The second-order valence-corrected chi connectivity index (χ2v) is 9.09. The first-order valence-corrected chi connectivity index (χ1v) is 12.0. The van der Waals surface area contributed by atoms with Gasteiger partial charge in [0.1, 0.15) is 5.82 Å². The number of halogens is 1. The molecule has 7 heteroatoms. The van der Waals surface area contributed by atoms with Crippen LogP contribution in [0.2, 0.25) is 0 Å². The fourth-order valence-electron chi connectivity index (χ4n) is 3.68. The summed E-state index contributed by atoms with van der Waals surface area (Å²) in [6, 6.07) is 19.8. The highest BCUT2D eigenvalue weighted by Gasteiger charge is 2.13. The molecule has 0 aliphatic carbocycles. The summed E-state index contributed by atoms with van der Waals surface area (Å²) in [5.41, 5.74) is 4.10. The Morgan fingerprint density at radius 2 is 1.74 bits per heavy atom. The van der Waals surface area contributed by atoms with Crippen LogP contribution in [0.5, 0.6) is 0 Å². The molecule has 0 unspecified atom stereocenters. The first-order valence-electron chi connectivity index (χ1n) is 11.0. The molecule has 0 saturated heterocycles. The third kappa shape index (κ3) is 5.48. The molecular formula is C27H26FN3O2S. The van der Waals surface area contributed by atoms with Crippen LogP contribution in [0.3, 0.4) is 0 Å². The van der Waals surface area contributed by atoms with Gasteiger partial charge in [-0.05, 0) is 55.3 Å². The van der Waals surface area contributed by atoms with Gasteiger partial charge in [-0.1, -0.05) is 36.4 Å². The Balaban J connectivity index is 1.39. The molecule has 0 radical (unpaired) electrons. The number of aromatic nitrogens is 1. The van der Waals surface area contributed by atoms with Gasteiger partial charge in [0.05, 0.1) is 11.4 Å². The number of nitrogens with one attached hydrogen (secondary N) is 2. The molecule has 0 aliphatic heterocycles. The van der Waals surface area contributed by atoms with Crippen LogP contribution in [-0.4, -0.2) is 28.7 Å². The Kier molecular flexibility index (Phi) is 7.33. The fourth-order valence-corrected chi connectivity index (χ4v) is 4.57. The van der Waals surface area contributed by atoms with Crippen LogP contribution in [0.1, 0.15) is 21.5 Å². The van der Waals surface area contributed by atoms with Gasteiger partial charge in [0.25, 0.3) is 5.91 Å². The minimum Gasteiger partial charge on any atom is -0.350 e. The van der Waals surface area contributed by atoms with Crippen molar-refractivity contribution in [3.8, 4) is 0 Å². The molecule has 0 fully saturated rings. The highest BCUT2D eigenvalue weighted by Crippen LogP contribution is 2.30. The lowest BCUT2D eigenvalue weighted by Gasteiger charge is -2.09. The predicted molar refractivity (Wildman–Crippen MR) is 136 cm³/mol. The number of thioether (sulfide) groups is 1. The lowest BCUT2D eigenvalue weighted by atomic mass is 10.1. The highest BCUT2D eigenvalue weighted by atomic mass is 32.2. The highest BCUT2D eigenvalue weighted by molar-refractivity contribution is 8.00. The first-order chi connectivity index (χ1) is 16.4. The van der Waals surface area contributed by atoms with E-state index in [0.717, 1.165) is 26.9 Å². The summed E-state index contributed by atoms with van der Waals surface area (Å²) in [7, 11) is 0. The normalized spacial score (nSPS) is 10.9. The maximum absolute atomic E-state index is 13.8. The van der Waals surface area contributed by atoms with Crippen LogP contribution in [0.15, 0.2) is 77.8 Å². The van der Waals surface area contributed by atoms with Crippen LogP contribution < -0.4 is 10.6 Å². The standard InChI is InChI=1S/C27H26FN3O2S/c1-18-11-12-20(15-19(18)2)27(33)29-13-14-31-16-25(21-7-3-6-10-24(21)31)34-17-26(32)30-23-9-5-4-8-22(23)28/h3-12,15-16H,13-14,17H2,1-2H3,(H,29,33)(H,30,32). The smallest absolute Gasteiger partial charge is 0.251 e. The maximum atomic E-state index is 13.8. The fraction of sp³-hybridized carbons (Fsp3) is 0.185. The van der Waals surface area contributed by atoms with E-state index in [1.807, 2.05) is 62.5 Å². The minimum atomic E-state index is -0.458. The summed E-state index contributed by atoms with van der Waals surface area (Å²) in [5, 5.41) is 6.63. The van der Waals surface area contributed by atoms with Gasteiger partial charge in [0.15, 0.2) is 0 Å². The van der Waals surface area contributed by atoms with Crippen LogP contribution >= 0.6 is 11.8 Å². The quantitative estimate of drug-likeness (QED) is 0.328. The number of hydrogen-bond acceptors (Lipinski definition) is 3. The largest absolute Gasteiger partial charge is 0.350 e. The Morgan fingerprint density at radius 3 is 2.53 bits per heavy atom. The number of aryl methyl sites for hydroxylation is 2.